The van der Waals surface area contributed by atoms with Crippen molar-refractivity contribution in [3.05, 3.63) is 51.3 Å². The van der Waals surface area contributed by atoms with Gasteiger partial charge >= 0.3 is 5.97 Å². The van der Waals surface area contributed by atoms with E-state index < -0.39 is 5.97 Å². The van der Waals surface area contributed by atoms with E-state index in [-0.39, 0.29) is 19.0 Å². The van der Waals surface area contributed by atoms with Crippen molar-refractivity contribution in [3.8, 4) is 5.75 Å². The number of hydrogen-bond donors (Lipinski definition) is 1. The van der Waals surface area contributed by atoms with E-state index >= 15 is 0 Å². The molecule has 0 saturated heterocycles. The Morgan fingerprint density at radius 1 is 1.20 bits per heavy atom. The number of carbonyl (C=O) groups excluding carboxylic acids is 2. The van der Waals surface area contributed by atoms with Crippen LogP contribution in [-0.4, -0.2) is 30.0 Å². The zero-order chi connectivity index (χ0) is 18.6. The number of benzene rings is 1. The fourth-order valence-corrected chi connectivity index (χ4v) is 2.92. The average molecular weight is 364 g/mol. The van der Waals surface area contributed by atoms with Crippen LogP contribution in [-0.2, 0) is 11.2 Å². The second kappa shape index (κ2) is 8.21. The molecule has 6 heteroatoms. The number of Topliss-reactive ketones (excluding diaryl/α,β-unsaturated/α-hetero) is 1. The lowest BCUT2D eigenvalue weighted by molar-refractivity contribution is 0.0525. The molecular weight excluding hydrogens is 342 g/mol. The first-order valence-electron chi connectivity index (χ1n) is 8.19. The van der Waals surface area contributed by atoms with Gasteiger partial charge in [-0.3, -0.25) is 4.79 Å². The number of aryl methyl sites for hydroxylation is 2. The second-order valence-corrected chi connectivity index (χ2v) is 6.07. The van der Waals surface area contributed by atoms with Crippen LogP contribution in [0, 0.1) is 13.8 Å². The second-order valence-electron chi connectivity index (χ2n) is 5.66. The van der Waals surface area contributed by atoms with E-state index in [9.17, 15) is 9.59 Å². The normalized spacial score (nSPS) is 10.6. The van der Waals surface area contributed by atoms with Gasteiger partial charge in [-0.1, -0.05) is 18.5 Å². The van der Waals surface area contributed by atoms with Crippen LogP contribution in [0.1, 0.15) is 51.5 Å². The van der Waals surface area contributed by atoms with Gasteiger partial charge in [-0.2, -0.15) is 0 Å². The first-order chi connectivity index (χ1) is 11.9. The maximum atomic E-state index is 12.5. The Hall–Kier alpha value is -2.27. The van der Waals surface area contributed by atoms with Gasteiger partial charge in [0.1, 0.15) is 5.75 Å². The van der Waals surface area contributed by atoms with Crippen molar-refractivity contribution in [1.82, 2.24) is 4.98 Å². The van der Waals surface area contributed by atoms with Crippen LogP contribution in [0.5, 0.6) is 5.75 Å². The molecule has 1 N–H and O–H groups in total. The van der Waals surface area contributed by atoms with Crippen LogP contribution < -0.4 is 4.74 Å². The van der Waals surface area contributed by atoms with Crippen LogP contribution in [0.3, 0.4) is 0 Å². The molecule has 1 aromatic heterocycles. The summed E-state index contributed by atoms with van der Waals surface area (Å²) in [5.41, 5.74) is 2.92. The quantitative estimate of drug-likeness (QED) is 0.588. The molecule has 0 fully saturated rings. The SMILES string of the molecule is CCOC(=O)c1c(C)[nH]c(C(=O)COc2ccc(Cl)c(CC)c2)c1C. The number of carbonyl (C=O) groups is 2. The molecule has 0 aliphatic carbocycles. The summed E-state index contributed by atoms with van der Waals surface area (Å²) in [7, 11) is 0. The number of nitrogens with one attached hydrogen (secondary N) is 1. The van der Waals surface area contributed by atoms with Crippen molar-refractivity contribution in [3.63, 3.8) is 0 Å². The molecule has 5 nitrogen and oxygen atoms in total. The Bertz CT molecular complexity index is 795. The monoisotopic (exact) mass is 363 g/mol. The number of ketones is 1. The Morgan fingerprint density at radius 2 is 1.92 bits per heavy atom. The summed E-state index contributed by atoms with van der Waals surface area (Å²) in [6.07, 6.45) is 0.780. The number of aromatic amines is 1. The molecule has 0 aliphatic heterocycles. The predicted molar refractivity (Wildman–Crippen MR) is 96.9 cm³/mol. The zero-order valence-electron chi connectivity index (χ0n) is 14.9. The molecule has 25 heavy (non-hydrogen) atoms. The highest BCUT2D eigenvalue weighted by atomic mass is 35.5. The third-order valence-corrected chi connectivity index (χ3v) is 4.33. The number of hydrogen-bond acceptors (Lipinski definition) is 4. The molecule has 0 amide bonds. The summed E-state index contributed by atoms with van der Waals surface area (Å²) in [6.45, 7) is 7.35. The molecule has 2 aromatic rings. The summed E-state index contributed by atoms with van der Waals surface area (Å²) >= 11 is 6.08. The minimum atomic E-state index is -0.431. The van der Waals surface area contributed by atoms with Crippen LogP contribution in [0.25, 0.3) is 0 Å². The predicted octanol–water partition coefficient (Wildman–Crippen LogP) is 4.29. The Balaban J connectivity index is 2.14. The van der Waals surface area contributed by atoms with E-state index in [4.69, 9.17) is 21.1 Å². The number of halogens is 1. The molecule has 0 bridgehead atoms. The molecule has 134 valence electrons. The Morgan fingerprint density at radius 3 is 2.56 bits per heavy atom. The zero-order valence-corrected chi connectivity index (χ0v) is 15.6. The molecule has 0 unspecified atom stereocenters. The van der Waals surface area contributed by atoms with E-state index in [1.54, 1.807) is 32.9 Å². The third-order valence-electron chi connectivity index (χ3n) is 3.96. The fourth-order valence-electron chi connectivity index (χ4n) is 2.67. The van der Waals surface area contributed by atoms with Crippen molar-refractivity contribution in [1.29, 1.82) is 0 Å². The molecule has 0 spiro atoms. The number of esters is 1. The van der Waals surface area contributed by atoms with Crippen molar-refractivity contribution < 1.29 is 19.1 Å². The van der Waals surface area contributed by atoms with Crippen LogP contribution in [0.15, 0.2) is 18.2 Å². The van der Waals surface area contributed by atoms with Crippen molar-refractivity contribution >= 4 is 23.4 Å². The van der Waals surface area contributed by atoms with E-state index in [2.05, 4.69) is 4.98 Å². The summed E-state index contributed by atoms with van der Waals surface area (Å²) in [5.74, 6) is -0.0794. The Labute approximate surface area is 152 Å². The summed E-state index contributed by atoms with van der Waals surface area (Å²) in [4.78, 5) is 27.4. The topological polar surface area (TPSA) is 68.4 Å². The van der Waals surface area contributed by atoms with Crippen molar-refractivity contribution in [2.45, 2.75) is 34.1 Å². The fraction of sp³-hybridized carbons (Fsp3) is 0.368. The highest BCUT2D eigenvalue weighted by Crippen LogP contribution is 2.23. The van der Waals surface area contributed by atoms with Gasteiger partial charge in [-0.05, 0) is 56.5 Å². The van der Waals surface area contributed by atoms with E-state index in [0.29, 0.717) is 33.3 Å². The molecule has 1 aromatic carbocycles. The largest absolute Gasteiger partial charge is 0.485 e. The van der Waals surface area contributed by atoms with E-state index in [1.165, 1.54) is 0 Å². The number of H-pyrrole nitrogens is 1. The molecule has 2 rings (SSSR count). The van der Waals surface area contributed by atoms with Gasteiger partial charge in [-0.15, -0.1) is 0 Å². The van der Waals surface area contributed by atoms with Crippen LogP contribution >= 0.6 is 11.6 Å². The molecular formula is C19H22ClNO4. The highest BCUT2D eigenvalue weighted by molar-refractivity contribution is 6.31. The Kier molecular flexibility index (Phi) is 6.26. The van der Waals surface area contributed by atoms with Gasteiger partial charge in [0, 0.05) is 10.7 Å². The minimum absolute atomic E-state index is 0.131. The summed E-state index contributed by atoms with van der Waals surface area (Å²) in [6, 6.07) is 5.31. The van der Waals surface area contributed by atoms with Crippen molar-refractivity contribution in [2.24, 2.45) is 0 Å². The standard InChI is InChI=1S/C19H22ClNO4/c1-5-13-9-14(7-8-15(13)20)25-10-16(22)18-11(3)17(12(4)21-18)19(23)24-6-2/h7-9,21H,5-6,10H2,1-4H3. The van der Waals surface area contributed by atoms with Crippen LogP contribution in [0.4, 0.5) is 0 Å². The third kappa shape index (κ3) is 4.23. The van der Waals surface area contributed by atoms with Gasteiger partial charge in [0.25, 0.3) is 0 Å². The van der Waals surface area contributed by atoms with E-state index in [0.717, 1.165) is 12.0 Å². The van der Waals surface area contributed by atoms with Crippen molar-refractivity contribution in [2.75, 3.05) is 13.2 Å². The molecule has 0 radical (unpaired) electrons. The van der Waals surface area contributed by atoms with Gasteiger partial charge in [-0.25, -0.2) is 4.79 Å². The van der Waals surface area contributed by atoms with Crippen LogP contribution in [0.2, 0.25) is 5.02 Å². The summed E-state index contributed by atoms with van der Waals surface area (Å²) < 4.78 is 10.6. The molecule has 0 saturated carbocycles. The maximum absolute atomic E-state index is 12.5. The maximum Gasteiger partial charge on any atom is 0.340 e. The molecule has 0 aliphatic rings. The summed E-state index contributed by atoms with van der Waals surface area (Å²) in [5, 5.41) is 0.677. The lowest BCUT2D eigenvalue weighted by Gasteiger charge is -2.08. The number of aromatic nitrogens is 1. The van der Waals surface area contributed by atoms with Gasteiger partial charge in [0.2, 0.25) is 5.78 Å². The van der Waals surface area contributed by atoms with Gasteiger partial charge in [0.15, 0.2) is 6.61 Å². The van der Waals surface area contributed by atoms with E-state index in [1.807, 2.05) is 13.0 Å². The lowest BCUT2D eigenvalue weighted by Crippen LogP contribution is -2.14. The highest BCUT2D eigenvalue weighted by Gasteiger charge is 2.23. The van der Waals surface area contributed by atoms with Gasteiger partial charge in [0.05, 0.1) is 17.9 Å². The first-order valence-corrected chi connectivity index (χ1v) is 8.57. The smallest absolute Gasteiger partial charge is 0.340 e. The minimum Gasteiger partial charge on any atom is -0.485 e. The average Bonchev–Trinajstić information content (AvgIpc) is 2.88. The lowest BCUT2D eigenvalue weighted by atomic mass is 10.1. The van der Waals surface area contributed by atoms with Gasteiger partial charge < -0.3 is 14.5 Å². The molecule has 1 heterocycles. The number of rotatable bonds is 7. The number of ether oxygens (including phenoxy) is 2. The first kappa shape index (κ1) is 19.1. The molecule has 0 atom stereocenters.